The van der Waals surface area contributed by atoms with Crippen LogP contribution in [0.5, 0.6) is 5.75 Å². The number of rotatable bonds is 7. The maximum atomic E-state index is 12.4. The molecule has 0 spiro atoms. The van der Waals surface area contributed by atoms with E-state index in [-0.39, 0.29) is 24.2 Å². The first kappa shape index (κ1) is 19.7. The Balaban J connectivity index is 2.06. The molecule has 0 aliphatic carbocycles. The summed E-state index contributed by atoms with van der Waals surface area (Å²) in [7, 11) is 3.29. The third-order valence-corrected chi connectivity index (χ3v) is 4.29. The number of ether oxygens (including phenoxy) is 1. The van der Waals surface area contributed by atoms with Gasteiger partial charge in [-0.3, -0.25) is 19.8 Å². The van der Waals surface area contributed by atoms with Gasteiger partial charge in [-0.25, -0.2) is 0 Å². The van der Waals surface area contributed by atoms with Crippen LogP contribution in [0.4, 0.5) is 11.4 Å². The number of nitro benzene ring substituents is 1. The number of carbonyl (C=O) groups excluding carboxylic acids is 1. The summed E-state index contributed by atoms with van der Waals surface area (Å²) in [5.41, 5.74) is 1.27. The quantitative estimate of drug-likeness (QED) is 0.584. The Labute approximate surface area is 156 Å². The van der Waals surface area contributed by atoms with Gasteiger partial charge < -0.3 is 10.1 Å². The Morgan fingerprint density at radius 2 is 2.08 bits per heavy atom. The van der Waals surface area contributed by atoms with E-state index in [9.17, 15) is 14.9 Å². The second-order valence-corrected chi connectivity index (χ2v) is 6.27. The maximum absolute atomic E-state index is 12.4. The van der Waals surface area contributed by atoms with Crippen molar-refractivity contribution in [3.8, 4) is 5.75 Å². The molecule has 0 fully saturated rings. The van der Waals surface area contributed by atoms with Gasteiger partial charge in [-0.2, -0.15) is 0 Å². The Morgan fingerprint density at radius 1 is 1.35 bits per heavy atom. The lowest BCUT2D eigenvalue weighted by Gasteiger charge is -2.24. The topological polar surface area (TPSA) is 84.7 Å². The molecule has 1 atom stereocenters. The highest BCUT2D eigenvalue weighted by Crippen LogP contribution is 2.28. The van der Waals surface area contributed by atoms with E-state index in [1.54, 1.807) is 42.3 Å². The van der Waals surface area contributed by atoms with E-state index < -0.39 is 4.92 Å². The molecule has 0 saturated carbocycles. The van der Waals surface area contributed by atoms with E-state index in [1.807, 2.05) is 6.92 Å². The second-order valence-electron chi connectivity index (χ2n) is 5.84. The van der Waals surface area contributed by atoms with Gasteiger partial charge >= 0.3 is 0 Å². The fourth-order valence-corrected chi connectivity index (χ4v) is 2.66. The number of benzene rings is 2. The van der Waals surface area contributed by atoms with Gasteiger partial charge in [0.25, 0.3) is 5.69 Å². The molecule has 2 rings (SSSR count). The van der Waals surface area contributed by atoms with Crippen LogP contribution in [-0.2, 0) is 4.79 Å². The van der Waals surface area contributed by atoms with E-state index in [2.05, 4.69) is 5.32 Å². The zero-order valence-electron chi connectivity index (χ0n) is 14.7. The van der Waals surface area contributed by atoms with Crippen LogP contribution in [0.1, 0.15) is 18.5 Å². The fraction of sp³-hybridized carbons (Fsp3) is 0.278. The number of nitro groups is 1. The summed E-state index contributed by atoms with van der Waals surface area (Å²) in [6.45, 7) is 1.98. The first-order valence-electron chi connectivity index (χ1n) is 7.89. The Bertz CT molecular complexity index is 813. The molecule has 0 bridgehead atoms. The number of hydrogen-bond donors (Lipinski definition) is 1. The van der Waals surface area contributed by atoms with Crippen molar-refractivity contribution >= 4 is 28.9 Å². The largest absolute Gasteiger partial charge is 0.495 e. The lowest BCUT2D eigenvalue weighted by Crippen LogP contribution is -2.32. The van der Waals surface area contributed by atoms with Crippen molar-refractivity contribution < 1.29 is 14.5 Å². The molecule has 0 aliphatic heterocycles. The molecule has 0 aromatic heterocycles. The molecule has 7 nitrogen and oxygen atoms in total. The van der Waals surface area contributed by atoms with E-state index in [1.165, 1.54) is 19.2 Å². The molecule has 2 aromatic carbocycles. The molecule has 1 amide bonds. The number of methoxy groups -OCH3 is 1. The molecule has 8 heteroatoms. The number of halogens is 1. The van der Waals surface area contributed by atoms with Gasteiger partial charge in [0.15, 0.2) is 0 Å². The van der Waals surface area contributed by atoms with Crippen molar-refractivity contribution in [3.63, 3.8) is 0 Å². The van der Waals surface area contributed by atoms with Crippen LogP contribution in [0.25, 0.3) is 0 Å². The summed E-state index contributed by atoms with van der Waals surface area (Å²) in [6.07, 6.45) is 0. The standard InChI is InChI=1S/C18H20ClN3O4/c1-12(13-5-4-6-15(9-13)22(24)25)21(2)11-18(23)20-16-10-14(19)7-8-17(16)26-3/h4-10,12H,11H2,1-3H3,(H,20,23). The lowest BCUT2D eigenvalue weighted by atomic mass is 10.1. The summed E-state index contributed by atoms with van der Waals surface area (Å²) in [6, 6.07) is 11.2. The normalized spacial score (nSPS) is 11.9. The minimum absolute atomic E-state index is 0.0239. The molecule has 138 valence electrons. The third kappa shape index (κ3) is 4.93. The van der Waals surface area contributed by atoms with Crippen LogP contribution in [0.15, 0.2) is 42.5 Å². The summed E-state index contributed by atoms with van der Waals surface area (Å²) in [4.78, 5) is 24.6. The monoisotopic (exact) mass is 377 g/mol. The lowest BCUT2D eigenvalue weighted by molar-refractivity contribution is -0.384. The van der Waals surface area contributed by atoms with Crippen molar-refractivity contribution in [2.75, 3.05) is 26.0 Å². The van der Waals surface area contributed by atoms with Crippen LogP contribution in [0, 0.1) is 10.1 Å². The molecule has 0 aliphatic rings. The highest BCUT2D eigenvalue weighted by molar-refractivity contribution is 6.31. The van der Waals surface area contributed by atoms with Crippen LogP contribution in [0.3, 0.4) is 0 Å². The second kappa shape index (κ2) is 8.64. The Kier molecular flexibility index (Phi) is 6.54. The number of amides is 1. The highest BCUT2D eigenvalue weighted by Gasteiger charge is 2.18. The summed E-state index contributed by atoms with van der Waals surface area (Å²) in [5.74, 6) is 0.266. The van der Waals surface area contributed by atoms with Crippen molar-refractivity contribution in [1.82, 2.24) is 4.90 Å². The number of likely N-dealkylation sites (N-methyl/N-ethyl adjacent to an activating group) is 1. The minimum atomic E-state index is -0.436. The van der Waals surface area contributed by atoms with E-state index in [4.69, 9.17) is 16.3 Å². The van der Waals surface area contributed by atoms with Gasteiger partial charge in [0, 0.05) is 23.2 Å². The summed E-state index contributed by atoms with van der Waals surface area (Å²) < 4.78 is 5.21. The SMILES string of the molecule is COc1ccc(Cl)cc1NC(=O)CN(C)C(C)c1cccc([N+](=O)[O-])c1. The van der Waals surface area contributed by atoms with Crippen LogP contribution in [0.2, 0.25) is 5.02 Å². The number of hydrogen-bond acceptors (Lipinski definition) is 5. The number of nitrogens with one attached hydrogen (secondary N) is 1. The van der Waals surface area contributed by atoms with Gasteiger partial charge in [-0.1, -0.05) is 23.7 Å². The molecule has 26 heavy (non-hydrogen) atoms. The number of nitrogens with zero attached hydrogens (tertiary/aromatic N) is 2. The Hall–Kier alpha value is -2.64. The third-order valence-electron chi connectivity index (χ3n) is 4.05. The fourth-order valence-electron chi connectivity index (χ4n) is 2.48. The number of carbonyl (C=O) groups is 1. The zero-order valence-corrected chi connectivity index (χ0v) is 15.5. The van der Waals surface area contributed by atoms with Gasteiger partial charge in [-0.05, 0) is 37.7 Å². The first-order valence-corrected chi connectivity index (χ1v) is 8.27. The Morgan fingerprint density at radius 3 is 2.73 bits per heavy atom. The molecule has 0 saturated heterocycles. The average Bonchev–Trinajstić information content (AvgIpc) is 2.61. The molecule has 1 N–H and O–H groups in total. The molecular weight excluding hydrogens is 358 g/mol. The predicted molar refractivity (Wildman–Crippen MR) is 101 cm³/mol. The number of non-ortho nitro benzene ring substituents is 1. The molecule has 2 aromatic rings. The van der Waals surface area contributed by atoms with Gasteiger partial charge in [-0.15, -0.1) is 0 Å². The van der Waals surface area contributed by atoms with E-state index in [0.717, 1.165) is 5.56 Å². The first-order chi connectivity index (χ1) is 12.3. The van der Waals surface area contributed by atoms with Crippen molar-refractivity contribution in [2.24, 2.45) is 0 Å². The van der Waals surface area contributed by atoms with Gasteiger partial charge in [0.2, 0.25) is 5.91 Å². The van der Waals surface area contributed by atoms with E-state index >= 15 is 0 Å². The maximum Gasteiger partial charge on any atom is 0.269 e. The van der Waals surface area contributed by atoms with Crippen LogP contribution < -0.4 is 10.1 Å². The highest BCUT2D eigenvalue weighted by atomic mass is 35.5. The van der Waals surface area contributed by atoms with Gasteiger partial charge in [0.05, 0.1) is 24.3 Å². The average molecular weight is 378 g/mol. The van der Waals surface area contributed by atoms with Crippen molar-refractivity contribution in [1.29, 1.82) is 0 Å². The van der Waals surface area contributed by atoms with Crippen LogP contribution >= 0.6 is 11.6 Å². The van der Waals surface area contributed by atoms with Crippen molar-refractivity contribution in [3.05, 3.63) is 63.2 Å². The molecule has 1 unspecified atom stereocenters. The minimum Gasteiger partial charge on any atom is -0.495 e. The molecule has 0 heterocycles. The smallest absolute Gasteiger partial charge is 0.269 e. The van der Waals surface area contributed by atoms with Gasteiger partial charge in [0.1, 0.15) is 5.75 Å². The molecular formula is C18H20ClN3O4. The summed E-state index contributed by atoms with van der Waals surface area (Å²) in [5, 5.41) is 14.2. The van der Waals surface area contributed by atoms with Crippen molar-refractivity contribution in [2.45, 2.75) is 13.0 Å². The number of anilines is 1. The molecule has 0 radical (unpaired) electrons. The van der Waals surface area contributed by atoms with Crippen LogP contribution in [-0.4, -0.2) is 36.4 Å². The summed E-state index contributed by atoms with van der Waals surface area (Å²) >= 11 is 5.96. The van der Waals surface area contributed by atoms with E-state index in [0.29, 0.717) is 16.5 Å². The predicted octanol–water partition coefficient (Wildman–Crippen LogP) is 3.89. The zero-order chi connectivity index (χ0) is 19.3.